The van der Waals surface area contributed by atoms with Crippen LogP contribution in [0.15, 0.2) is 87.1 Å². The van der Waals surface area contributed by atoms with Crippen molar-refractivity contribution in [1.82, 2.24) is 5.32 Å². The van der Waals surface area contributed by atoms with E-state index in [2.05, 4.69) is 26.6 Å². The molecule has 2 amide bonds. The lowest BCUT2D eigenvalue weighted by Crippen LogP contribution is -2.28. The first kappa shape index (κ1) is 20.0. The van der Waals surface area contributed by atoms with E-state index in [4.69, 9.17) is 0 Å². The van der Waals surface area contributed by atoms with Crippen molar-refractivity contribution in [2.24, 2.45) is 0 Å². The predicted octanol–water partition coefficient (Wildman–Crippen LogP) is 4.74. The van der Waals surface area contributed by atoms with Gasteiger partial charge in [0.25, 0.3) is 0 Å². The fourth-order valence-electron chi connectivity index (χ4n) is 2.46. The third kappa shape index (κ3) is 4.76. The van der Waals surface area contributed by atoms with Crippen molar-refractivity contribution in [1.29, 1.82) is 0 Å². The second kappa shape index (κ2) is 8.53. The zero-order chi connectivity index (χ0) is 20.1. The van der Waals surface area contributed by atoms with Crippen LogP contribution in [-0.4, -0.2) is 14.4 Å². The Morgan fingerprint density at radius 3 is 2.21 bits per heavy atom. The van der Waals surface area contributed by atoms with Crippen molar-refractivity contribution in [3.63, 3.8) is 0 Å². The fraction of sp³-hybridized carbons (Fsp3) is 0.0500. The van der Waals surface area contributed by atoms with Gasteiger partial charge in [-0.1, -0.05) is 24.3 Å². The van der Waals surface area contributed by atoms with Crippen LogP contribution in [0.4, 0.5) is 14.9 Å². The van der Waals surface area contributed by atoms with Crippen LogP contribution in [0.25, 0.3) is 0 Å². The number of carbonyl (C=O) groups is 1. The van der Waals surface area contributed by atoms with Gasteiger partial charge in [-0.15, -0.1) is 0 Å². The Morgan fingerprint density at radius 1 is 0.929 bits per heavy atom. The summed E-state index contributed by atoms with van der Waals surface area (Å²) in [6, 6.07) is 18.0. The molecule has 144 valence electrons. The van der Waals surface area contributed by atoms with Gasteiger partial charge >= 0.3 is 6.03 Å². The molecule has 0 unspecified atom stereocenters. The molecule has 0 saturated carbocycles. The molecule has 0 saturated heterocycles. The number of sulfone groups is 1. The summed E-state index contributed by atoms with van der Waals surface area (Å²) >= 11 is 3.09. The maximum Gasteiger partial charge on any atom is 0.319 e. The lowest BCUT2D eigenvalue weighted by molar-refractivity contribution is 0.251. The number of benzene rings is 3. The van der Waals surface area contributed by atoms with Crippen LogP contribution in [0.2, 0.25) is 0 Å². The van der Waals surface area contributed by atoms with Crippen LogP contribution >= 0.6 is 15.9 Å². The summed E-state index contributed by atoms with van der Waals surface area (Å²) in [5.74, 6) is -0.376. The van der Waals surface area contributed by atoms with E-state index in [1.165, 1.54) is 42.5 Å². The molecule has 0 aromatic heterocycles. The van der Waals surface area contributed by atoms with E-state index in [0.29, 0.717) is 10.2 Å². The van der Waals surface area contributed by atoms with Gasteiger partial charge in [0, 0.05) is 12.2 Å². The zero-order valence-corrected chi connectivity index (χ0v) is 16.9. The number of hydrogen-bond acceptors (Lipinski definition) is 3. The highest BCUT2D eigenvalue weighted by atomic mass is 79.9. The highest BCUT2D eigenvalue weighted by Gasteiger charge is 2.17. The Morgan fingerprint density at radius 2 is 1.57 bits per heavy atom. The van der Waals surface area contributed by atoms with E-state index in [9.17, 15) is 17.6 Å². The minimum absolute atomic E-state index is 0.140. The molecule has 28 heavy (non-hydrogen) atoms. The lowest BCUT2D eigenvalue weighted by Gasteiger charge is -2.09. The second-order valence-corrected chi connectivity index (χ2v) is 8.70. The van der Waals surface area contributed by atoms with Crippen LogP contribution < -0.4 is 10.6 Å². The minimum atomic E-state index is -3.60. The number of amides is 2. The van der Waals surface area contributed by atoms with Gasteiger partial charge in [0.05, 0.1) is 14.3 Å². The average Bonchev–Trinajstić information content (AvgIpc) is 2.70. The van der Waals surface area contributed by atoms with E-state index in [-0.39, 0.29) is 22.2 Å². The monoisotopic (exact) mass is 462 g/mol. The number of urea groups is 1. The van der Waals surface area contributed by atoms with Crippen LogP contribution in [0.3, 0.4) is 0 Å². The molecule has 0 aliphatic rings. The van der Waals surface area contributed by atoms with Gasteiger partial charge in [0.2, 0.25) is 9.84 Å². The van der Waals surface area contributed by atoms with Crippen LogP contribution in [-0.2, 0) is 16.4 Å². The Hall–Kier alpha value is -2.71. The van der Waals surface area contributed by atoms with Gasteiger partial charge in [-0.3, -0.25) is 0 Å². The van der Waals surface area contributed by atoms with Gasteiger partial charge < -0.3 is 10.6 Å². The molecule has 0 radical (unpaired) electrons. The molecule has 0 heterocycles. The summed E-state index contributed by atoms with van der Waals surface area (Å²) in [7, 11) is -3.60. The predicted molar refractivity (Wildman–Crippen MR) is 108 cm³/mol. The van der Waals surface area contributed by atoms with E-state index < -0.39 is 15.9 Å². The van der Waals surface area contributed by atoms with Gasteiger partial charge in [0.15, 0.2) is 0 Å². The summed E-state index contributed by atoms with van der Waals surface area (Å²) < 4.78 is 38.6. The lowest BCUT2D eigenvalue weighted by atomic mass is 10.2. The molecule has 0 fully saturated rings. The summed E-state index contributed by atoms with van der Waals surface area (Å²) in [4.78, 5) is 12.4. The quantitative estimate of drug-likeness (QED) is 0.574. The van der Waals surface area contributed by atoms with E-state index in [1.54, 1.807) is 30.3 Å². The number of anilines is 1. The Labute approximate surface area is 170 Å². The van der Waals surface area contributed by atoms with Crippen molar-refractivity contribution in [2.45, 2.75) is 16.3 Å². The van der Waals surface area contributed by atoms with Gasteiger partial charge in [-0.05, 0) is 70.0 Å². The molecule has 8 heteroatoms. The minimum Gasteiger partial charge on any atom is -0.334 e. The number of hydrogen-bond donors (Lipinski definition) is 2. The van der Waals surface area contributed by atoms with Gasteiger partial charge in [-0.2, -0.15) is 0 Å². The molecule has 0 spiro atoms. The molecule has 0 aliphatic heterocycles. The number of nitrogens with one attached hydrogen (secondary N) is 2. The standard InChI is InChI=1S/C20H16BrFN2O3S/c21-18-12-14(6-11-19(18)22)13-23-20(25)24-15-7-9-17(10-8-15)28(26,27)16-4-2-1-3-5-16/h1-12H,13H2,(H2,23,24,25). The summed E-state index contributed by atoms with van der Waals surface area (Å²) in [5.41, 5.74) is 1.18. The first-order chi connectivity index (χ1) is 13.4. The van der Waals surface area contributed by atoms with E-state index >= 15 is 0 Å². The van der Waals surface area contributed by atoms with Crippen molar-refractivity contribution in [2.75, 3.05) is 5.32 Å². The van der Waals surface area contributed by atoms with Crippen molar-refractivity contribution >= 4 is 37.5 Å². The highest BCUT2D eigenvalue weighted by Crippen LogP contribution is 2.22. The maximum absolute atomic E-state index is 13.2. The Kier molecular flexibility index (Phi) is 6.11. The topological polar surface area (TPSA) is 75.3 Å². The van der Waals surface area contributed by atoms with Crippen molar-refractivity contribution in [3.8, 4) is 0 Å². The molecule has 5 nitrogen and oxygen atoms in total. The Bertz CT molecular complexity index is 1090. The summed E-state index contributed by atoms with van der Waals surface area (Å²) in [5, 5.41) is 5.28. The molecule has 0 atom stereocenters. The SMILES string of the molecule is O=C(NCc1ccc(F)c(Br)c1)Nc1ccc(S(=O)(=O)c2ccccc2)cc1. The Balaban J connectivity index is 1.62. The van der Waals surface area contributed by atoms with Crippen LogP contribution in [0.5, 0.6) is 0 Å². The highest BCUT2D eigenvalue weighted by molar-refractivity contribution is 9.10. The van der Waals surface area contributed by atoms with Gasteiger partial charge in [0.1, 0.15) is 5.82 Å². The first-order valence-corrected chi connectivity index (χ1v) is 10.5. The molecule has 0 bridgehead atoms. The van der Waals surface area contributed by atoms with Crippen molar-refractivity contribution in [3.05, 3.63) is 88.6 Å². The normalized spacial score (nSPS) is 11.1. The molecule has 2 N–H and O–H groups in total. The number of halogens is 2. The van der Waals surface area contributed by atoms with Crippen molar-refractivity contribution < 1.29 is 17.6 Å². The molecular weight excluding hydrogens is 447 g/mol. The zero-order valence-electron chi connectivity index (χ0n) is 14.5. The summed E-state index contributed by atoms with van der Waals surface area (Å²) in [6.07, 6.45) is 0. The number of carbonyl (C=O) groups excluding carboxylic acids is 1. The second-order valence-electron chi connectivity index (χ2n) is 5.90. The average molecular weight is 463 g/mol. The van der Waals surface area contributed by atoms with E-state index in [1.807, 2.05) is 0 Å². The third-order valence-electron chi connectivity index (χ3n) is 3.91. The largest absolute Gasteiger partial charge is 0.334 e. The molecule has 3 rings (SSSR count). The number of rotatable bonds is 5. The van der Waals surface area contributed by atoms with Crippen LogP contribution in [0, 0.1) is 5.82 Å². The van der Waals surface area contributed by atoms with Crippen LogP contribution in [0.1, 0.15) is 5.56 Å². The molecule has 3 aromatic rings. The van der Waals surface area contributed by atoms with E-state index in [0.717, 1.165) is 5.56 Å². The third-order valence-corrected chi connectivity index (χ3v) is 6.31. The fourth-order valence-corrected chi connectivity index (χ4v) is 4.17. The maximum atomic E-state index is 13.2. The molecule has 3 aromatic carbocycles. The summed E-state index contributed by atoms with van der Waals surface area (Å²) in [6.45, 7) is 0.213. The molecular formula is C20H16BrFN2O3S. The first-order valence-electron chi connectivity index (χ1n) is 8.25. The smallest absolute Gasteiger partial charge is 0.319 e. The van der Waals surface area contributed by atoms with Gasteiger partial charge in [-0.25, -0.2) is 17.6 Å². The molecule has 0 aliphatic carbocycles.